The van der Waals surface area contributed by atoms with Crippen LogP contribution in [0.25, 0.3) is 0 Å². The molecule has 5 heteroatoms. The van der Waals surface area contributed by atoms with Crippen molar-refractivity contribution in [3.05, 3.63) is 57.0 Å². The Morgan fingerprint density at radius 2 is 2.19 bits per heavy atom. The molecule has 0 aliphatic carbocycles. The monoisotopic (exact) mass is 305 g/mol. The number of nitrogens with one attached hydrogen (secondary N) is 1. The van der Waals surface area contributed by atoms with Crippen molar-refractivity contribution in [1.29, 1.82) is 0 Å². The summed E-state index contributed by atoms with van der Waals surface area (Å²) in [5.74, 6) is 0. The Morgan fingerprint density at radius 1 is 1.38 bits per heavy atom. The summed E-state index contributed by atoms with van der Waals surface area (Å²) in [6.45, 7) is 5.34. The van der Waals surface area contributed by atoms with Crippen LogP contribution in [0.1, 0.15) is 30.9 Å². The smallest absolute Gasteiger partial charge is 0.287 e. The molecule has 0 bridgehead atoms. The number of halogens is 1. The number of unbranched alkanes of at least 4 members (excludes halogenated alkanes) is 1. The summed E-state index contributed by atoms with van der Waals surface area (Å²) < 4.78 is 1.42. The fraction of sp³-hybridized carbons (Fsp3) is 0.375. The SMILES string of the molecule is CCCCn1ncc(NCc2cccc(C)c2)c(Cl)c1=O. The molecule has 1 aromatic carbocycles. The molecule has 0 amide bonds. The van der Waals surface area contributed by atoms with E-state index in [-0.39, 0.29) is 10.6 Å². The van der Waals surface area contributed by atoms with Crippen LogP contribution in [-0.2, 0) is 13.1 Å². The molecule has 0 radical (unpaired) electrons. The average molecular weight is 306 g/mol. The fourth-order valence-electron chi connectivity index (χ4n) is 2.07. The lowest BCUT2D eigenvalue weighted by atomic mass is 10.1. The maximum Gasteiger partial charge on any atom is 0.287 e. The molecular weight excluding hydrogens is 286 g/mol. The number of rotatable bonds is 6. The van der Waals surface area contributed by atoms with Gasteiger partial charge in [0.2, 0.25) is 0 Å². The molecule has 0 unspecified atom stereocenters. The van der Waals surface area contributed by atoms with Crippen molar-refractivity contribution in [3.63, 3.8) is 0 Å². The molecule has 0 atom stereocenters. The van der Waals surface area contributed by atoms with E-state index < -0.39 is 0 Å². The molecular formula is C16H20ClN3O. The largest absolute Gasteiger partial charge is 0.378 e. The lowest BCUT2D eigenvalue weighted by molar-refractivity contribution is 0.543. The molecule has 21 heavy (non-hydrogen) atoms. The summed E-state index contributed by atoms with van der Waals surface area (Å²) in [6, 6.07) is 8.18. The molecule has 4 nitrogen and oxygen atoms in total. The summed E-state index contributed by atoms with van der Waals surface area (Å²) in [6.07, 6.45) is 3.55. The number of anilines is 1. The van der Waals surface area contributed by atoms with E-state index in [0.29, 0.717) is 18.8 Å². The normalized spacial score (nSPS) is 10.6. The second-order valence-electron chi connectivity index (χ2n) is 5.10. The van der Waals surface area contributed by atoms with E-state index in [0.717, 1.165) is 18.4 Å². The topological polar surface area (TPSA) is 46.9 Å². The van der Waals surface area contributed by atoms with E-state index in [1.54, 1.807) is 6.20 Å². The molecule has 1 heterocycles. The Kier molecular flexibility index (Phi) is 5.39. The first-order valence-corrected chi connectivity index (χ1v) is 7.54. The van der Waals surface area contributed by atoms with Gasteiger partial charge in [-0.05, 0) is 18.9 Å². The van der Waals surface area contributed by atoms with E-state index in [1.807, 2.05) is 25.1 Å². The first-order valence-electron chi connectivity index (χ1n) is 7.17. The van der Waals surface area contributed by atoms with Crippen LogP contribution >= 0.6 is 11.6 Å². The summed E-state index contributed by atoms with van der Waals surface area (Å²) in [5, 5.41) is 7.54. The molecule has 1 aromatic heterocycles. The second-order valence-corrected chi connectivity index (χ2v) is 5.47. The van der Waals surface area contributed by atoms with Gasteiger partial charge in [0.1, 0.15) is 5.02 Å². The predicted octanol–water partition coefficient (Wildman–Crippen LogP) is 3.62. The Bertz CT molecular complexity index is 667. The van der Waals surface area contributed by atoms with Crippen molar-refractivity contribution < 1.29 is 0 Å². The van der Waals surface area contributed by atoms with Gasteiger partial charge >= 0.3 is 0 Å². The molecule has 2 rings (SSSR count). The standard InChI is InChI=1S/C16H20ClN3O/c1-3-4-8-20-16(21)15(17)14(11-19-20)18-10-13-7-5-6-12(2)9-13/h5-7,9,11,18H,3-4,8,10H2,1-2H3. The van der Waals surface area contributed by atoms with Crippen LogP contribution in [0, 0.1) is 6.92 Å². The molecule has 0 saturated heterocycles. The molecule has 0 aliphatic rings. The minimum absolute atomic E-state index is 0.203. The average Bonchev–Trinajstić information content (AvgIpc) is 2.48. The lowest BCUT2D eigenvalue weighted by Gasteiger charge is -2.10. The van der Waals surface area contributed by atoms with E-state index in [9.17, 15) is 4.79 Å². The van der Waals surface area contributed by atoms with Crippen LogP contribution in [0.4, 0.5) is 5.69 Å². The summed E-state index contributed by atoms with van der Waals surface area (Å²) in [5.41, 5.74) is 2.69. The molecule has 1 N–H and O–H groups in total. The number of aromatic nitrogens is 2. The van der Waals surface area contributed by atoms with Gasteiger partial charge in [0, 0.05) is 13.1 Å². The van der Waals surface area contributed by atoms with E-state index >= 15 is 0 Å². The minimum atomic E-state index is -0.237. The summed E-state index contributed by atoms with van der Waals surface area (Å²) in [7, 11) is 0. The first-order chi connectivity index (χ1) is 10.1. The quantitative estimate of drug-likeness (QED) is 0.886. The maximum atomic E-state index is 12.1. The second kappa shape index (κ2) is 7.27. The number of nitrogens with zero attached hydrogens (tertiary/aromatic N) is 2. The van der Waals surface area contributed by atoms with Crippen molar-refractivity contribution >= 4 is 17.3 Å². The summed E-state index contributed by atoms with van der Waals surface area (Å²) in [4.78, 5) is 12.1. The van der Waals surface area contributed by atoms with Crippen molar-refractivity contribution in [2.75, 3.05) is 5.32 Å². The van der Waals surface area contributed by atoms with E-state index in [1.165, 1.54) is 10.2 Å². The van der Waals surface area contributed by atoms with Gasteiger partial charge in [-0.25, -0.2) is 4.68 Å². The number of hydrogen-bond acceptors (Lipinski definition) is 3. The van der Waals surface area contributed by atoms with Crippen LogP contribution in [0.5, 0.6) is 0 Å². The van der Waals surface area contributed by atoms with Crippen LogP contribution in [0.3, 0.4) is 0 Å². The molecule has 112 valence electrons. The highest BCUT2D eigenvalue weighted by atomic mass is 35.5. The predicted molar refractivity (Wildman–Crippen MR) is 86.9 cm³/mol. The molecule has 0 aliphatic heterocycles. The zero-order valence-electron chi connectivity index (χ0n) is 12.4. The molecule has 0 saturated carbocycles. The van der Waals surface area contributed by atoms with Crippen LogP contribution in [0.2, 0.25) is 5.02 Å². The lowest BCUT2D eigenvalue weighted by Crippen LogP contribution is -2.24. The van der Waals surface area contributed by atoms with E-state index in [4.69, 9.17) is 11.6 Å². The Hall–Kier alpha value is -1.81. The Balaban J connectivity index is 2.10. The van der Waals surface area contributed by atoms with Gasteiger partial charge in [-0.2, -0.15) is 5.10 Å². The van der Waals surface area contributed by atoms with E-state index in [2.05, 4.69) is 23.4 Å². The van der Waals surface area contributed by atoms with Crippen molar-refractivity contribution in [2.45, 2.75) is 39.8 Å². The van der Waals surface area contributed by atoms with Crippen LogP contribution in [-0.4, -0.2) is 9.78 Å². The highest BCUT2D eigenvalue weighted by Crippen LogP contribution is 2.16. The van der Waals surface area contributed by atoms with Gasteiger partial charge in [0.05, 0.1) is 11.9 Å². The third-order valence-electron chi connectivity index (χ3n) is 3.27. The zero-order valence-corrected chi connectivity index (χ0v) is 13.2. The minimum Gasteiger partial charge on any atom is -0.378 e. The highest BCUT2D eigenvalue weighted by molar-refractivity contribution is 6.32. The number of hydrogen-bond donors (Lipinski definition) is 1. The number of benzene rings is 1. The highest BCUT2D eigenvalue weighted by Gasteiger charge is 2.08. The number of aryl methyl sites for hydroxylation is 2. The van der Waals surface area contributed by atoms with Gasteiger partial charge in [-0.3, -0.25) is 4.79 Å². The zero-order chi connectivity index (χ0) is 15.2. The maximum absolute atomic E-state index is 12.1. The summed E-state index contributed by atoms with van der Waals surface area (Å²) >= 11 is 6.14. The van der Waals surface area contributed by atoms with Gasteiger partial charge in [-0.15, -0.1) is 0 Å². The van der Waals surface area contributed by atoms with Crippen LogP contribution in [0.15, 0.2) is 35.3 Å². The molecule has 0 fully saturated rings. The van der Waals surface area contributed by atoms with Crippen molar-refractivity contribution in [1.82, 2.24) is 9.78 Å². The Labute approximate surface area is 129 Å². The molecule has 2 aromatic rings. The third-order valence-corrected chi connectivity index (χ3v) is 3.64. The third kappa shape index (κ3) is 4.08. The first kappa shape index (κ1) is 15.6. The van der Waals surface area contributed by atoms with Gasteiger partial charge in [-0.1, -0.05) is 54.8 Å². The van der Waals surface area contributed by atoms with Gasteiger partial charge in [0.15, 0.2) is 0 Å². The fourth-order valence-corrected chi connectivity index (χ4v) is 2.29. The Morgan fingerprint density at radius 3 is 2.90 bits per heavy atom. The van der Waals surface area contributed by atoms with Crippen molar-refractivity contribution in [3.8, 4) is 0 Å². The van der Waals surface area contributed by atoms with Gasteiger partial charge in [0.25, 0.3) is 5.56 Å². The van der Waals surface area contributed by atoms with Gasteiger partial charge < -0.3 is 5.32 Å². The molecule has 0 spiro atoms. The van der Waals surface area contributed by atoms with Crippen LogP contribution < -0.4 is 10.9 Å². The van der Waals surface area contributed by atoms with Crippen molar-refractivity contribution in [2.24, 2.45) is 0 Å².